The molecule has 0 radical (unpaired) electrons. The molecule has 112 valence electrons. The molecule has 2 rings (SSSR count). The highest BCUT2D eigenvalue weighted by atomic mass is 16.2. The third-order valence-corrected chi connectivity index (χ3v) is 3.24. The third-order valence-electron chi connectivity index (χ3n) is 3.24. The van der Waals surface area contributed by atoms with Crippen LogP contribution in [-0.2, 0) is 9.59 Å². The van der Waals surface area contributed by atoms with Crippen LogP contribution in [0.15, 0.2) is 30.3 Å². The lowest BCUT2D eigenvalue weighted by atomic mass is 10.1. The highest BCUT2D eigenvalue weighted by Crippen LogP contribution is 2.16. The quantitative estimate of drug-likeness (QED) is 0.714. The fourth-order valence-corrected chi connectivity index (χ4v) is 2.25. The number of carbonyl (C=O) groups is 3. The van der Waals surface area contributed by atoms with E-state index in [1.807, 2.05) is 6.07 Å². The molecule has 1 saturated heterocycles. The topological polar surface area (TPSA) is 105 Å². The number of urea groups is 1. The summed E-state index contributed by atoms with van der Waals surface area (Å²) in [5.74, 6) is -0.538. The van der Waals surface area contributed by atoms with Crippen molar-refractivity contribution in [3.05, 3.63) is 35.9 Å². The summed E-state index contributed by atoms with van der Waals surface area (Å²) in [6.45, 7) is 0.992. The molecule has 1 aromatic carbocycles. The van der Waals surface area contributed by atoms with Gasteiger partial charge in [0.15, 0.2) is 0 Å². The van der Waals surface area contributed by atoms with Crippen LogP contribution in [-0.4, -0.2) is 42.4 Å². The molecule has 0 aromatic heterocycles. The highest BCUT2D eigenvalue weighted by Gasteiger charge is 2.28. The molecule has 4 N–H and O–H groups in total. The van der Waals surface area contributed by atoms with E-state index in [0.717, 1.165) is 0 Å². The van der Waals surface area contributed by atoms with Gasteiger partial charge >= 0.3 is 6.03 Å². The van der Waals surface area contributed by atoms with Crippen molar-refractivity contribution in [2.24, 2.45) is 5.73 Å². The van der Waals surface area contributed by atoms with Gasteiger partial charge in [0.2, 0.25) is 11.8 Å². The number of hydrogen-bond acceptors (Lipinski definition) is 3. The number of carbonyl (C=O) groups excluding carboxylic acids is 3. The lowest BCUT2D eigenvalue weighted by Crippen LogP contribution is -2.46. The summed E-state index contributed by atoms with van der Waals surface area (Å²) in [7, 11) is 0. The zero-order valence-corrected chi connectivity index (χ0v) is 11.5. The van der Waals surface area contributed by atoms with Crippen molar-refractivity contribution in [3.63, 3.8) is 0 Å². The van der Waals surface area contributed by atoms with Gasteiger partial charge in [0, 0.05) is 13.1 Å². The average molecular weight is 290 g/mol. The van der Waals surface area contributed by atoms with E-state index in [0.29, 0.717) is 25.1 Å². The molecule has 0 spiro atoms. The first-order valence-corrected chi connectivity index (χ1v) is 6.74. The first kappa shape index (κ1) is 14.8. The van der Waals surface area contributed by atoms with Crippen LogP contribution in [0.25, 0.3) is 0 Å². The molecule has 0 aliphatic carbocycles. The Morgan fingerprint density at radius 1 is 1.29 bits per heavy atom. The molecule has 7 nitrogen and oxygen atoms in total. The van der Waals surface area contributed by atoms with E-state index in [1.54, 1.807) is 24.3 Å². The molecule has 1 aliphatic heterocycles. The van der Waals surface area contributed by atoms with E-state index in [2.05, 4.69) is 10.6 Å². The Morgan fingerprint density at radius 3 is 2.67 bits per heavy atom. The summed E-state index contributed by atoms with van der Waals surface area (Å²) in [5.41, 5.74) is 5.79. The first-order valence-electron chi connectivity index (χ1n) is 6.74. The maximum atomic E-state index is 12.6. The van der Waals surface area contributed by atoms with Crippen molar-refractivity contribution >= 4 is 17.8 Å². The molecule has 1 atom stereocenters. The summed E-state index contributed by atoms with van der Waals surface area (Å²) in [4.78, 5) is 36.8. The van der Waals surface area contributed by atoms with Crippen LogP contribution < -0.4 is 16.4 Å². The minimum Gasteiger partial charge on any atom is -0.354 e. The van der Waals surface area contributed by atoms with E-state index >= 15 is 0 Å². The molecule has 1 aliphatic rings. The van der Waals surface area contributed by atoms with Gasteiger partial charge in [-0.05, 0) is 12.0 Å². The second kappa shape index (κ2) is 6.74. The third kappa shape index (κ3) is 3.95. The highest BCUT2D eigenvalue weighted by molar-refractivity contribution is 5.91. The predicted molar refractivity (Wildman–Crippen MR) is 76.1 cm³/mol. The van der Waals surface area contributed by atoms with Crippen LogP contribution in [0, 0.1) is 0 Å². The summed E-state index contributed by atoms with van der Waals surface area (Å²) < 4.78 is 0. The zero-order chi connectivity index (χ0) is 15.2. The van der Waals surface area contributed by atoms with Crippen LogP contribution >= 0.6 is 0 Å². The van der Waals surface area contributed by atoms with Crippen molar-refractivity contribution < 1.29 is 14.4 Å². The second-order valence-electron chi connectivity index (χ2n) is 4.82. The minimum absolute atomic E-state index is 0.0113. The van der Waals surface area contributed by atoms with E-state index in [-0.39, 0.29) is 18.4 Å². The van der Waals surface area contributed by atoms with Gasteiger partial charge in [-0.2, -0.15) is 0 Å². The molecule has 0 bridgehead atoms. The van der Waals surface area contributed by atoms with Crippen LogP contribution in [0.3, 0.4) is 0 Å². The van der Waals surface area contributed by atoms with Crippen molar-refractivity contribution in [1.29, 1.82) is 0 Å². The van der Waals surface area contributed by atoms with Gasteiger partial charge in [-0.15, -0.1) is 0 Å². The van der Waals surface area contributed by atoms with Crippen molar-refractivity contribution in [2.75, 3.05) is 19.6 Å². The van der Waals surface area contributed by atoms with Crippen LogP contribution in [0.5, 0.6) is 0 Å². The zero-order valence-electron chi connectivity index (χ0n) is 11.5. The molecular formula is C14H18N4O3. The van der Waals surface area contributed by atoms with Gasteiger partial charge < -0.3 is 21.3 Å². The molecule has 1 fully saturated rings. The number of primary amides is 1. The lowest BCUT2D eigenvalue weighted by molar-refractivity contribution is -0.136. The Balaban J connectivity index is 2.21. The molecule has 21 heavy (non-hydrogen) atoms. The summed E-state index contributed by atoms with van der Waals surface area (Å²) in [5, 5.41) is 5.15. The SMILES string of the molecule is NC(=O)NC(C(=O)N1CCCNC(=O)C1)c1ccccc1. The fraction of sp³-hybridized carbons (Fsp3) is 0.357. The second-order valence-corrected chi connectivity index (χ2v) is 4.82. The number of benzene rings is 1. The molecule has 4 amide bonds. The normalized spacial score (nSPS) is 16.6. The fourth-order valence-electron chi connectivity index (χ4n) is 2.25. The lowest BCUT2D eigenvalue weighted by Gasteiger charge is -2.25. The van der Waals surface area contributed by atoms with Crippen LogP contribution in [0.4, 0.5) is 4.79 Å². The summed E-state index contributed by atoms with van der Waals surface area (Å²) in [6.07, 6.45) is 0.676. The summed E-state index contributed by atoms with van der Waals surface area (Å²) in [6, 6.07) is 7.16. The Hall–Kier alpha value is -2.57. The minimum atomic E-state index is -0.880. The van der Waals surface area contributed by atoms with Crippen LogP contribution in [0.1, 0.15) is 18.0 Å². The maximum Gasteiger partial charge on any atom is 0.313 e. The van der Waals surface area contributed by atoms with Gasteiger partial charge in [0.1, 0.15) is 6.04 Å². The number of nitrogens with two attached hydrogens (primary N) is 1. The molecule has 0 saturated carbocycles. The molecule has 1 aromatic rings. The monoisotopic (exact) mass is 290 g/mol. The number of nitrogens with zero attached hydrogens (tertiary/aromatic N) is 1. The number of hydrogen-bond donors (Lipinski definition) is 3. The van der Waals surface area contributed by atoms with Crippen molar-refractivity contribution in [3.8, 4) is 0 Å². The molecule has 1 unspecified atom stereocenters. The van der Waals surface area contributed by atoms with Gasteiger partial charge in [0.25, 0.3) is 0 Å². The molecular weight excluding hydrogens is 272 g/mol. The molecule has 1 heterocycles. The van der Waals surface area contributed by atoms with Gasteiger partial charge in [0.05, 0.1) is 6.54 Å². The van der Waals surface area contributed by atoms with Gasteiger partial charge in [-0.3, -0.25) is 9.59 Å². The number of amides is 4. The Labute approximate surface area is 122 Å². The number of nitrogens with one attached hydrogen (secondary N) is 2. The Morgan fingerprint density at radius 2 is 2.00 bits per heavy atom. The van der Waals surface area contributed by atoms with Gasteiger partial charge in [-0.25, -0.2) is 4.79 Å². The van der Waals surface area contributed by atoms with Crippen molar-refractivity contribution in [1.82, 2.24) is 15.5 Å². The molecule has 7 heteroatoms. The van der Waals surface area contributed by atoms with E-state index in [1.165, 1.54) is 4.90 Å². The van der Waals surface area contributed by atoms with E-state index in [9.17, 15) is 14.4 Å². The Bertz CT molecular complexity index is 532. The largest absolute Gasteiger partial charge is 0.354 e. The summed E-state index contributed by atoms with van der Waals surface area (Å²) >= 11 is 0. The van der Waals surface area contributed by atoms with Crippen LogP contribution in [0.2, 0.25) is 0 Å². The van der Waals surface area contributed by atoms with Crippen molar-refractivity contribution in [2.45, 2.75) is 12.5 Å². The maximum absolute atomic E-state index is 12.6. The predicted octanol–water partition coefficient (Wildman–Crippen LogP) is -0.255. The van der Waals surface area contributed by atoms with E-state index in [4.69, 9.17) is 5.73 Å². The standard InChI is InChI=1S/C14H18N4O3/c15-14(21)17-12(10-5-2-1-3-6-10)13(20)18-8-4-7-16-11(19)9-18/h1-3,5-6,12H,4,7-9H2,(H,16,19)(H3,15,17,21). The number of rotatable bonds is 3. The van der Waals surface area contributed by atoms with Gasteiger partial charge in [-0.1, -0.05) is 30.3 Å². The average Bonchev–Trinajstić information content (AvgIpc) is 2.69. The van der Waals surface area contributed by atoms with E-state index < -0.39 is 12.1 Å². The smallest absolute Gasteiger partial charge is 0.313 e. The first-order chi connectivity index (χ1) is 10.1. The Kier molecular flexibility index (Phi) is 4.76.